The molecule has 1 fully saturated rings. The molecule has 0 saturated carbocycles. The molecule has 0 bridgehead atoms. The van der Waals surface area contributed by atoms with Gasteiger partial charge in [0.2, 0.25) is 0 Å². The van der Waals surface area contributed by atoms with E-state index in [-0.39, 0.29) is 0 Å². The van der Waals surface area contributed by atoms with E-state index < -0.39 is 0 Å². The van der Waals surface area contributed by atoms with Crippen LogP contribution in [0.25, 0.3) is 0 Å². The number of aromatic hydroxyl groups is 1. The summed E-state index contributed by atoms with van der Waals surface area (Å²) >= 11 is 0. The van der Waals surface area contributed by atoms with Crippen molar-refractivity contribution in [2.45, 2.75) is 44.9 Å². The second-order valence-corrected chi connectivity index (χ2v) is 4.62. The lowest BCUT2D eigenvalue weighted by Gasteiger charge is -2.33. The van der Waals surface area contributed by atoms with Gasteiger partial charge >= 0.3 is 0 Å². The number of phenolic OH excluding ortho intramolecular Hbond substituents is 1. The molecular weight excluding hydrogens is 202 g/mol. The highest BCUT2D eigenvalue weighted by molar-refractivity contribution is 5.48. The Morgan fingerprint density at radius 3 is 2.56 bits per heavy atom. The number of hydrogen-bond acceptors (Lipinski definition) is 3. The van der Waals surface area contributed by atoms with Gasteiger partial charge in [0.05, 0.1) is 12.2 Å². The number of rotatable bonds is 2. The predicted molar refractivity (Wildman–Crippen MR) is 64.8 cm³/mol. The van der Waals surface area contributed by atoms with Gasteiger partial charge in [-0.2, -0.15) is 0 Å². The zero-order valence-electron chi connectivity index (χ0n) is 9.81. The Bertz CT molecular complexity index is 344. The van der Waals surface area contributed by atoms with Crippen molar-refractivity contribution in [3.05, 3.63) is 24.3 Å². The number of phenols is 1. The summed E-state index contributed by atoms with van der Waals surface area (Å²) in [5.41, 5.74) is 0.978. The molecular formula is C13H19NO2. The molecule has 16 heavy (non-hydrogen) atoms. The first kappa shape index (κ1) is 11.3. The van der Waals surface area contributed by atoms with Gasteiger partial charge < -0.3 is 15.2 Å². The van der Waals surface area contributed by atoms with Gasteiger partial charge in [0.1, 0.15) is 5.75 Å². The first-order chi connectivity index (χ1) is 7.63. The maximum atomic E-state index is 9.38. The fourth-order valence-corrected chi connectivity index (χ4v) is 2.35. The van der Waals surface area contributed by atoms with Crippen LogP contribution in [0, 0.1) is 0 Å². The van der Waals surface area contributed by atoms with Crippen molar-refractivity contribution in [1.82, 2.24) is 0 Å². The van der Waals surface area contributed by atoms with E-state index in [1.54, 1.807) is 12.1 Å². The Hall–Kier alpha value is -1.22. The van der Waals surface area contributed by atoms with Crippen LogP contribution in [0.3, 0.4) is 0 Å². The van der Waals surface area contributed by atoms with E-state index in [2.05, 4.69) is 19.2 Å². The van der Waals surface area contributed by atoms with Gasteiger partial charge in [-0.15, -0.1) is 0 Å². The fourth-order valence-electron chi connectivity index (χ4n) is 2.35. The first-order valence-corrected chi connectivity index (χ1v) is 5.84. The van der Waals surface area contributed by atoms with E-state index in [0.29, 0.717) is 24.0 Å². The van der Waals surface area contributed by atoms with E-state index >= 15 is 0 Å². The van der Waals surface area contributed by atoms with E-state index in [4.69, 9.17) is 4.74 Å². The second-order valence-electron chi connectivity index (χ2n) is 4.62. The van der Waals surface area contributed by atoms with Crippen LogP contribution in [0.2, 0.25) is 0 Å². The summed E-state index contributed by atoms with van der Waals surface area (Å²) in [6.45, 7) is 4.21. The number of ether oxygens (including phenoxy) is 1. The molecule has 2 unspecified atom stereocenters. The summed E-state index contributed by atoms with van der Waals surface area (Å²) < 4.78 is 5.69. The molecule has 88 valence electrons. The minimum absolute atomic E-state index is 0.304. The third kappa shape index (κ3) is 2.89. The lowest BCUT2D eigenvalue weighted by atomic mass is 9.99. The molecule has 1 aromatic rings. The third-order valence-electron chi connectivity index (χ3n) is 2.91. The largest absolute Gasteiger partial charge is 0.508 e. The van der Waals surface area contributed by atoms with Gasteiger partial charge in [-0.3, -0.25) is 0 Å². The first-order valence-electron chi connectivity index (χ1n) is 5.84. The summed E-state index contributed by atoms with van der Waals surface area (Å²) in [6.07, 6.45) is 2.64. The second kappa shape index (κ2) is 4.74. The lowest BCUT2D eigenvalue weighted by molar-refractivity contribution is -0.0337. The van der Waals surface area contributed by atoms with Gasteiger partial charge in [0.15, 0.2) is 0 Å². The molecule has 1 aliphatic heterocycles. The maximum absolute atomic E-state index is 9.38. The molecule has 1 aliphatic rings. The van der Waals surface area contributed by atoms with Crippen molar-refractivity contribution in [2.75, 3.05) is 5.32 Å². The maximum Gasteiger partial charge on any atom is 0.117 e. The number of hydrogen-bond donors (Lipinski definition) is 2. The Balaban J connectivity index is 1.98. The smallest absolute Gasteiger partial charge is 0.117 e. The van der Waals surface area contributed by atoms with Crippen LogP contribution in [0.1, 0.15) is 26.7 Å². The quantitative estimate of drug-likeness (QED) is 0.807. The predicted octanol–water partition coefficient (Wildman–Crippen LogP) is 2.76. The minimum Gasteiger partial charge on any atom is -0.508 e. The SMILES string of the molecule is CC1CC(Nc2cccc(O)c2)CC(C)O1. The number of benzene rings is 1. The van der Waals surface area contributed by atoms with Crippen LogP contribution in [0.4, 0.5) is 5.69 Å². The molecule has 1 aromatic carbocycles. The Kier molecular flexibility index (Phi) is 3.34. The van der Waals surface area contributed by atoms with Crippen LogP contribution in [-0.2, 0) is 4.74 Å². The van der Waals surface area contributed by atoms with Gasteiger partial charge in [-0.1, -0.05) is 6.07 Å². The van der Waals surface area contributed by atoms with Crippen LogP contribution >= 0.6 is 0 Å². The average Bonchev–Trinajstić information content (AvgIpc) is 2.15. The molecule has 0 aromatic heterocycles. The van der Waals surface area contributed by atoms with Crippen molar-refractivity contribution < 1.29 is 9.84 Å². The summed E-state index contributed by atoms with van der Waals surface area (Å²) in [4.78, 5) is 0. The van der Waals surface area contributed by atoms with Gasteiger partial charge in [0, 0.05) is 17.8 Å². The minimum atomic E-state index is 0.304. The zero-order valence-corrected chi connectivity index (χ0v) is 9.81. The molecule has 1 heterocycles. The van der Waals surface area contributed by atoms with Crippen LogP contribution in [-0.4, -0.2) is 23.4 Å². The number of nitrogens with one attached hydrogen (secondary N) is 1. The normalized spacial score (nSPS) is 30.0. The summed E-state index contributed by atoms with van der Waals surface area (Å²) in [6, 6.07) is 7.69. The van der Waals surface area contributed by atoms with E-state index in [1.807, 2.05) is 12.1 Å². The fraction of sp³-hybridized carbons (Fsp3) is 0.538. The van der Waals surface area contributed by atoms with E-state index in [1.165, 1.54) is 0 Å². The van der Waals surface area contributed by atoms with Crippen LogP contribution < -0.4 is 5.32 Å². The number of anilines is 1. The molecule has 1 saturated heterocycles. The van der Waals surface area contributed by atoms with Crippen LogP contribution in [0.5, 0.6) is 5.75 Å². The average molecular weight is 221 g/mol. The summed E-state index contributed by atoms with van der Waals surface area (Å²) in [5.74, 6) is 0.304. The Morgan fingerprint density at radius 2 is 1.94 bits per heavy atom. The van der Waals surface area contributed by atoms with Crippen molar-refractivity contribution in [3.63, 3.8) is 0 Å². The highest BCUT2D eigenvalue weighted by Gasteiger charge is 2.24. The molecule has 0 spiro atoms. The molecule has 2 rings (SSSR count). The summed E-state index contributed by atoms with van der Waals surface area (Å²) in [5, 5.41) is 12.8. The molecule has 3 nitrogen and oxygen atoms in total. The lowest BCUT2D eigenvalue weighted by Crippen LogP contribution is -2.36. The Morgan fingerprint density at radius 1 is 1.25 bits per heavy atom. The Labute approximate surface area is 96.4 Å². The zero-order chi connectivity index (χ0) is 11.5. The van der Waals surface area contributed by atoms with Gasteiger partial charge in [-0.05, 0) is 38.8 Å². The molecule has 0 aliphatic carbocycles. The monoisotopic (exact) mass is 221 g/mol. The molecule has 0 radical (unpaired) electrons. The highest BCUT2D eigenvalue weighted by atomic mass is 16.5. The van der Waals surface area contributed by atoms with E-state index in [9.17, 15) is 5.11 Å². The molecule has 0 amide bonds. The van der Waals surface area contributed by atoms with Crippen LogP contribution in [0.15, 0.2) is 24.3 Å². The van der Waals surface area contributed by atoms with Gasteiger partial charge in [0.25, 0.3) is 0 Å². The third-order valence-corrected chi connectivity index (χ3v) is 2.91. The molecule has 2 N–H and O–H groups in total. The van der Waals surface area contributed by atoms with E-state index in [0.717, 1.165) is 18.5 Å². The summed E-state index contributed by atoms with van der Waals surface area (Å²) in [7, 11) is 0. The van der Waals surface area contributed by atoms with Crippen molar-refractivity contribution >= 4 is 5.69 Å². The molecule has 3 heteroatoms. The standard InChI is InChI=1S/C13H19NO2/c1-9-6-12(7-10(2)16-9)14-11-4-3-5-13(15)8-11/h3-5,8-10,12,14-15H,6-7H2,1-2H3. The van der Waals surface area contributed by atoms with Gasteiger partial charge in [-0.25, -0.2) is 0 Å². The van der Waals surface area contributed by atoms with Crippen molar-refractivity contribution in [1.29, 1.82) is 0 Å². The highest BCUT2D eigenvalue weighted by Crippen LogP contribution is 2.24. The van der Waals surface area contributed by atoms with Crippen molar-refractivity contribution in [3.8, 4) is 5.75 Å². The van der Waals surface area contributed by atoms with Crippen molar-refractivity contribution in [2.24, 2.45) is 0 Å². The molecule has 2 atom stereocenters. The topological polar surface area (TPSA) is 41.5 Å².